The van der Waals surface area contributed by atoms with Crippen molar-refractivity contribution in [1.29, 1.82) is 0 Å². The molecule has 0 fully saturated rings. The van der Waals surface area contributed by atoms with Crippen LogP contribution in [0.1, 0.15) is 15.9 Å². The van der Waals surface area contributed by atoms with E-state index in [-0.39, 0.29) is 5.56 Å². The van der Waals surface area contributed by atoms with Crippen molar-refractivity contribution in [2.75, 3.05) is 0 Å². The van der Waals surface area contributed by atoms with Gasteiger partial charge in [0, 0.05) is 5.56 Å². The molecule has 3 aromatic rings. The Balaban J connectivity index is 1.97. The summed E-state index contributed by atoms with van der Waals surface area (Å²) in [5.74, 6) is -1.46. The lowest BCUT2D eigenvalue weighted by Crippen LogP contribution is -2.40. The number of alkyl halides is 6. The average molecular weight is 447 g/mol. The number of fused-ring (bicyclic) bond motifs is 1. The van der Waals surface area contributed by atoms with Crippen LogP contribution >= 0.6 is 0 Å². The van der Waals surface area contributed by atoms with Gasteiger partial charge in [-0.3, -0.25) is 4.79 Å². The zero-order valence-corrected chi connectivity index (χ0v) is 15.5. The Morgan fingerprint density at radius 3 is 2.03 bits per heavy atom. The monoisotopic (exact) mass is 447 g/mol. The van der Waals surface area contributed by atoms with Crippen LogP contribution < -0.4 is 4.72 Å². The van der Waals surface area contributed by atoms with E-state index < -0.39 is 33.2 Å². The van der Waals surface area contributed by atoms with Gasteiger partial charge < -0.3 is 0 Å². The lowest BCUT2D eigenvalue weighted by atomic mass is 9.96. The van der Waals surface area contributed by atoms with Gasteiger partial charge in [0.15, 0.2) is 0 Å². The number of rotatable bonds is 3. The molecule has 30 heavy (non-hydrogen) atoms. The number of nitrogens with one attached hydrogen (secondary N) is 1. The van der Waals surface area contributed by atoms with Gasteiger partial charge in [-0.1, -0.05) is 36.4 Å². The molecule has 0 saturated carbocycles. The first-order chi connectivity index (χ1) is 13.8. The van der Waals surface area contributed by atoms with Crippen LogP contribution in [-0.4, -0.2) is 19.8 Å². The second kappa shape index (κ2) is 7.31. The average Bonchev–Trinajstić information content (AvgIpc) is 2.65. The first kappa shape index (κ1) is 21.6. The summed E-state index contributed by atoms with van der Waals surface area (Å²) < 4.78 is 98.6. The van der Waals surface area contributed by atoms with Gasteiger partial charge in [0.2, 0.25) is 0 Å². The fraction of sp³-hybridized carbons (Fsp3) is 0.105. The molecule has 0 radical (unpaired) electrons. The standard InChI is InChI=1S/C19H11F6NO3S/c20-18(21,22)14-7-4-11(5-8-14)15-3-1-2-12-10-13(6-9-16(12)15)17(27)26-30(28,29)19(23,24)25/h1-10H,(H,26,27). The van der Waals surface area contributed by atoms with Crippen molar-refractivity contribution in [3.05, 3.63) is 71.8 Å². The summed E-state index contributed by atoms with van der Waals surface area (Å²) >= 11 is 0. The third-order valence-corrected chi connectivity index (χ3v) is 5.26. The molecule has 0 atom stereocenters. The number of halogens is 6. The van der Waals surface area contributed by atoms with Gasteiger partial charge >= 0.3 is 21.7 Å². The quantitative estimate of drug-likeness (QED) is 0.568. The lowest BCUT2D eigenvalue weighted by Gasteiger charge is -2.12. The maximum atomic E-state index is 12.7. The Morgan fingerprint density at radius 2 is 1.47 bits per heavy atom. The number of sulfonamides is 1. The number of hydrogen-bond acceptors (Lipinski definition) is 3. The maximum Gasteiger partial charge on any atom is 0.516 e. The number of carbonyl (C=O) groups is 1. The Morgan fingerprint density at radius 1 is 0.833 bits per heavy atom. The molecular formula is C19H11F6NO3S. The molecule has 0 unspecified atom stereocenters. The highest BCUT2D eigenvalue weighted by Crippen LogP contribution is 2.33. The van der Waals surface area contributed by atoms with E-state index in [1.807, 2.05) is 0 Å². The molecule has 0 saturated heterocycles. The van der Waals surface area contributed by atoms with Gasteiger partial charge in [-0.25, -0.2) is 4.72 Å². The minimum absolute atomic E-state index is 0.333. The van der Waals surface area contributed by atoms with E-state index in [2.05, 4.69) is 0 Å². The van der Waals surface area contributed by atoms with E-state index in [1.165, 1.54) is 30.3 Å². The summed E-state index contributed by atoms with van der Waals surface area (Å²) in [6.45, 7) is 0. The predicted octanol–water partition coefficient (Wildman–Crippen LogP) is 5.11. The molecule has 158 valence electrons. The highest BCUT2D eigenvalue weighted by Gasteiger charge is 2.47. The van der Waals surface area contributed by atoms with Crippen LogP contribution in [0.25, 0.3) is 21.9 Å². The SMILES string of the molecule is O=C(NS(=O)(=O)C(F)(F)F)c1ccc2c(-c3ccc(C(F)(F)F)cc3)cccc2c1. The predicted molar refractivity (Wildman–Crippen MR) is 96.8 cm³/mol. The first-order valence-electron chi connectivity index (χ1n) is 8.13. The molecule has 1 amide bonds. The second-order valence-electron chi connectivity index (χ2n) is 6.20. The summed E-state index contributed by atoms with van der Waals surface area (Å²) in [7, 11) is -5.86. The van der Waals surface area contributed by atoms with Gasteiger partial charge in [-0.15, -0.1) is 0 Å². The third kappa shape index (κ3) is 4.25. The van der Waals surface area contributed by atoms with Gasteiger partial charge in [-0.05, 0) is 46.2 Å². The lowest BCUT2D eigenvalue weighted by molar-refractivity contribution is -0.137. The third-order valence-electron chi connectivity index (χ3n) is 4.20. The summed E-state index contributed by atoms with van der Waals surface area (Å²) in [6, 6.07) is 12.7. The Kier molecular flexibility index (Phi) is 5.27. The van der Waals surface area contributed by atoms with Crippen LogP contribution in [0.2, 0.25) is 0 Å². The van der Waals surface area contributed by atoms with E-state index in [0.717, 1.165) is 22.9 Å². The Labute approximate surface area is 166 Å². The molecule has 11 heteroatoms. The first-order valence-corrected chi connectivity index (χ1v) is 9.62. The smallest absolute Gasteiger partial charge is 0.268 e. The molecule has 0 aliphatic rings. The minimum atomic E-state index is -5.86. The molecule has 1 N–H and O–H groups in total. The molecular weight excluding hydrogens is 436 g/mol. The molecule has 0 heterocycles. The summed E-state index contributed by atoms with van der Waals surface area (Å²) in [6.07, 6.45) is -4.49. The van der Waals surface area contributed by atoms with Crippen molar-refractivity contribution < 1.29 is 39.6 Å². The zero-order valence-electron chi connectivity index (χ0n) is 14.7. The highest BCUT2D eigenvalue weighted by atomic mass is 32.2. The molecule has 3 aromatic carbocycles. The molecule has 0 aliphatic heterocycles. The maximum absolute atomic E-state index is 12.7. The molecule has 0 spiro atoms. The summed E-state index contributed by atoms with van der Waals surface area (Å²) in [5, 5.41) is 0.886. The van der Waals surface area contributed by atoms with E-state index >= 15 is 0 Å². The number of hydrogen-bond donors (Lipinski definition) is 1. The molecule has 3 rings (SSSR count). The largest absolute Gasteiger partial charge is 0.516 e. The molecule has 0 bridgehead atoms. The van der Waals surface area contributed by atoms with Crippen LogP contribution in [0, 0.1) is 0 Å². The molecule has 0 aliphatic carbocycles. The number of carbonyl (C=O) groups excluding carboxylic acids is 1. The second-order valence-corrected chi connectivity index (χ2v) is 7.87. The normalized spacial score (nSPS) is 12.7. The van der Waals surface area contributed by atoms with Crippen LogP contribution in [0.15, 0.2) is 60.7 Å². The number of benzene rings is 3. The van der Waals surface area contributed by atoms with Crippen LogP contribution in [-0.2, 0) is 16.2 Å². The van der Waals surface area contributed by atoms with E-state index in [4.69, 9.17) is 0 Å². The van der Waals surface area contributed by atoms with Gasteiger partial charge in [0.25, 0.3) is 5.91 Å². The topological polar surface area (TPSA) is 63.2 Å². The summed E-state index contributed by atoms with van der Waals surface area (Å²) in [4.78, 5) is 11.9. The fourth-order valence-corrected chi connectivity index (χ4v) is 3.23. The fourth-order valence-electron chi connectivity index (χ4n) is 2.75. The van der Waals surface area contributed by atoms with Gasteiger partial charge in [0.1, 0.15) is 0 Å². The Hall–Kier alpha value is -3.08. The number of amides is 1. The van der Waals surface area contributed by atoms with Crippen LogP contribution in [0.3, 0.4) is 0 Å². The van der Waals surface area contributed by atoms with Gasteiger partial charge in [0.05, 0.1) is 5.56 Å². The van der Waals surface area contributed by atoms with Crippen molar-refractivity contribution in [3.8, 4) is 11.1 Å². The van der Waals surface area contributed by atoms with Crippen molar-refractivity contribution >= 4 is 26.7 Å². The minimum Gasteiger partial charge on any atom is -0.268 e. The van der Waals surface area contributed by atoms with E-state index in [9.17, 15) is 39.6 Å². The van der Waals surface area contributed by atoms with Crippen molar-refractivity contribution in [3.63, 3.8) is 0 Å². The highest BCUT2D eigenvalue weighted by molar-refractivity contribution is 7.90. The van der Waals surface area contributed by atoms with Crippen molar-refractivity contribution in [2.24, 2.45) is 0 Å². The molecule has 0 aromatic heterocycles. The van der Waals surface area contributed by atoms with Crippen molar-refractivity contribution in [1.82, 2.24) is 4.72 Å². The van der Waals surface area contributed by atoms with Crippen LogP contribution in [0.4, 0.5) is 26.3 Å². The summed E-state index contributed by atoms with van der Waals surface area (Å²) in [5.41, 5.74) is -5.83. The Bertz CT molecular complexity index is 1220. The molecule has 4 nitrogen and oxygen atoms in total. The van der Waals surface area contributed by atoms with Crippen LogP contribution in [0.5, 0.6) is 0 Å². The van der Waals surface area contributed by atoms with Gasteiger partial charge in [-0.2, -0.15) is 34.8 Å². The van der Waals surface area contributed by atoms with E-state index in [0.29, 0.717) is 21.9 Å². The van der Waals surface area contributed by atoms with Crippen molar-refractivity contribution in [2.45, 2.75) is 11.7 Å². The van der Waals surface area contributed by atoms with E-state index in [1.54, 1.807) is 12.1 Å². The zero-order chi connectivity index (χ0) is 22.3.